The van der Waals surface area contributed by atoms with Gasteiger partial charge in [-0.2, -0.15) is 0 Å². The molecule has 0 spiro atoms. The summed E-state index contributed by atoms with van der Waals surface area (Å²) in [7, 11) is 8.51. The van der Waals surface area contributed by atoms with E-state index in [2.05, 4.69) is 39.8 Å². The molecule has 0 N–H and O–H groups in total. The highest BCUT2D eigenvalue weighted by molar-refractivity contribution is 8.11. The summed E-state index contributed by atoms with van der Waals surface area (Å²) in [5, 5.41) is 0. The van der Waals surface area contributed by atoms with Gasteiger partial charge in [0.2, 0.25) is 0 Å². The third-order valence-electron chi connectivity index (χ3n) is 6.61. The third kappa shape index (κ3) is 6.62. The molecule has 0 saturated carbocycles. The maximum Gasteiger partial charge on any atom is 0.296 e. The van der Waals surface area contributed by atoms with Crippen LogP contribution in [0.15, 0.2) is 12.1 Å². The van der Waals surface area contributed by atoms with Gasteiger partial charge in [0.15, 0.2) is 0 Å². The van der Waals surface area contributed by atoms with Crippen molar-refractivity contribution < 1.29 is 22.8 Å². The summed E-state index contributed by atoms with van der Waals surface area (Å²) in [6.07, 6.45) is -0.0710. The van der Waals surface area contributed by atoms with E-state index in [-0.39, 0.29) is 0 Å². The first-order chi connectivity index (χ1) is 14.5. The zero-order valence-corrected chi connectivity index (χ0v) is 36.0. The summed E-state index contributed by atoms with van der Waals surface area (Å²) in [6, 6.07) is 5.65. The van der Waals surface area contributed by atoms with Crippen LogP contribution in [-0.4, -0.2) is 111 Å². The molecule has 0 saturated heterocycles. The fourth-order valence-corrected chi connectivity index (χ4v) is 279. The van der Waals surface area contributed by atoms with Crippen molar-refractivity contribution in [2.45, 2.75) is 40.2 Å². The molecule has 0 fully saturated rings. The number of benzene rings is 1. The van der Waals surface area contributed by atoms with Gasteiger partial charge in [-0.3, -0.25) is 0 Å². The van der Waals surface area contributed by atoms with Gasteiger partial charge in [0.1, 0.15) is 25.0 Å². The Morgan fingerprint density at radius 3 is 1.87 bits per heavy atom. The molecule has 5 nitrogen and oxygen atoms in total. The molecule has 1 aromatic carbocycles. The van der Waals surface area contributed by atoms with Crippen molar-refractivity contribution in [1.29, 1.82) is 0 Å². The normalized spacial score (nSPS) is 18.2. The molecule has 0 amide bonds. The van der Waals surface area contributed by atoms with E-state index in [0.717, 1.165) is 43.3 Å². The zero-order chi connectivity index (χ0) is 23.9. The lowest BCUT2D eigenvalue weighted by Crippen LogP contribution is -2.89. The van der Waals surface area contributed by atoms with Crippen molar-refractivity contribution in [2.75, 3.05) is 34.0 Å². The molecule has 0 bridgehead atoms. The summed E-state index contributed by atoms with van der Waals surface area (Å²) >= 11 is 0. The van der Waals surface area contributed by atoms with Crippen LogP contribution in [0.2, 0.25) is 6.04 Å². The maximum atomic E-state index is 6.85. The first-order valence-electron chi connectivity index (χ1n) is 11.5. The second-order valence-electron chi connectivity index (χ2n) is 9.49. The number of aryl methyl sites for hydroxylation is 1. The Kier molecular flexibility index (Phi) is 12.4. The molecule has 14 heteroatoms. The van der Waals surface area contributed by atoms with Crippen LogP contribution in [0.5, 0.6) is 11.5 Å². The third-order valence-corrected chi connectivity index (χ3v) is 157. The molecular weight excluding hydrogens is 537 g/mol. The molecule has 180 valence electrons. The predicted molar refractivity (Wildman–Crippen MR) is 162 cm³/mol. The lowest BCUT2D eigenvalue weighted by atomic mass is 10.1. The molecule has 0 aliphatic heterocycles. The fourth-order valence-electron chi connectivity index (χ4n) is 5.22. The summed E-state index contributed by atoms with van der Waals surface area (Å²) in [5.41, 5.74) is 2.43. The van der Waals surface area contributed by atoms with Crippen molar-refractivity contribution >= 4 is 77.2 Å². The van der Waals surface area contributed by atoms with Gasteiger partial charge in [-0.25, -0.2) is 0 Å². The highest BCUT2D eigenvalue weighted by Gasteiger charge is 2.64. The predicted octanol–water partition coefficient (Wildman–Crippen LogP) is -3.73. The van der Waals surface area contributed by atoms with E-state index in [9.17, 15) is 0 Å². The van der Waals surface area contributed by atoms with E-state index in [0.29, 0.717) is 0 Å². The second-order valence-corrected chi connectivity index (χ2v) is 117. The van der Waals surface area contributed by atoms with Gasteiger partial charge < -0.3 is 22.8 Å². The standard InChI is InChI=1S/C17H46O5Si9/c1-7-20-28(21-8-2)29(31(25,26)27,30(23,24)22-9-3)13-12-15-10-11-16(18-5)14(4)17(15)19-6/h10-11,28H,7-9,12-13H2,1-6,23-27H3. The Morgan fingerprint density at radius 2 is 1.45 bits per heavy atom. The minimum absolute atomic E-state index is 0.797. The van der Waals surface area contributed by atoms with Crippen molar-refractivity contribution in [2.24, 2.45) is 0 Å². The Bertz CT molecular complexity index is 695. The smallest absolute Gasteiger partial charge is 0.296 e. The molecule has 0 aliphatic rings. The van der Waals surface area contributed by atoms with E-state index in [1.807, 2.05) is 0 Å². The van der Waals surface area contributed by atoms with Gasteiger partial charge in [0, 0.05) is 51.0 Å². The molecule has 1 atom stereocenters. The second kappa shape index (κ2) is 12.9. The Morgan fingerprint density at radius 1 is 0.871 bits per heavy atom. The Hall–Kier alpha value is 0.652. The minimum atomic E-state index is -1.71. The molecule has 31 heavy (non-hydrogen) atoms. The number of methoxy groups -OCH3 is 2. The average Bonchev–Trinajstić information content (AvgIpc) is 2.67. The molecule has 0 aliphatic carbocycles. The molecule has 0 heterocycles. The van der Waals surface area contributed by atoms with Gasteiger partial charge in [-0.05, 0) is 75.0 Å². The van der Waals surface area contributed by atoms with Crippen molar-refractivity contribution in [1.82, 2.24) is 0 Å². The van der Waals surface area contributed by atoms with Crippen LogP contribution in [-0.2, 0) is 19.7 Å². The van der Waals surface area contributed by atoms with Gasteiger partial charge in [0.05, 0.1) is 14.2 Å². The monoisotopic (exact) mass is 582 g/mol. The van der Waals surface area contributed by atoms with Crippen LogP contribution in [0.1, 0.15) is 31.9 Å². The Balaban J connectivity index is 3.59. The van der Waals surface area contributed by atoms with Gasteiger partial charge in [0.25, 0.3) is 8.80 Å². The van der Waals surface area contributed by atoms with Gasteiger partial charge >= 0.3 is 0 Å². The molecule has 1 aromatic rings. The fraction of sp³-hybridized carbons (Fsp3) is 0.647. The summed E-state index contributed by atoms with van der Waals surface area (Å²) in [6.45, 7) is 7.77. The first-order valence-corrected chi connectivity index (χ1v) is 39.9. The van der Waals surface area contributed by atoms with E-state index >= 15 is 0 Å². The van der Waals surface area contributed by atoms with E-state index in [1.54, 1.807) is 14.2 Å². The number of hydrogen-bond donors (Lipinski definition) is 0. The van der Waals surface area contributed by atoms with Crippen LogP contribution >= 0.6 is 0 Å². The van der Waals surface area contributed by atoms with E-state index in [4.69, 9.17) is 22.8 Å². The van der Waals surface area contributed by atoms with E-state index < -0.39 is 28.4 Å². The molecule has 1 rings (SSSR count). The van der Waals surface area contributed by atoms with Crippen LogP contribution < -0.4 is 9.47 Å². The van der Waals surface area contributed by atoms with Crippen molar-refractivity contribution in [3.8, 4) is 11.5 Å². The van der Waals surface area contributed by atoms with Gasteiger partial charge in [-0.15, -0.1) is 0 Å². The average molecular weight is 583 g/mol. The van der Waals surface area contributed by atoms with Crippen LogP contribution in [0.4, 0.5) is 0 Å². The zero-order valence-electron chi connectivity index (χ0n) is 21.8. The molecule has 1 unspecified atom stereocenters. The van der Waals surface area contributed by atoms with E-state index in [1.165, 1.54) is 60.4 Å². The summed E-state index contributed by atoms with van der Waals surface area (Å²) < 4.78 is 31.6. The maximum absolute atomic E-state index is 6.85. The molecular formula is C17H46O5Si9. The van der Waals surface area contributed by atoms with Crippen molar-refractivity contribution in [3.63, 3.8) is 0 Å². The first kappa shape index (κ1) is 29.7. The quantitative estimate of drug-likeness (QED) is 0.211. The highest BCUT2D eigenvalue weighted by Crippen LogP contribution is 2.36. The van der Waals surface area contributed by atoms with Gasteiger partial charge in [-0.1, -0.05) is 12.1 Å². The number of ether oxygens (including phenoxy) is 2. The minimum Gasteiger partial charge on any atom is -0.496 e. The molecule has 0 aromatic heterocycles. The number of rotatable bonds is 14. The lowest BCUT2D eigenvalue weighted by molar-refractivity contribution is 0.229. The summed E-state index contributed by atoms with van der Waals surface area (Å²) in [4.78, 5) is 0. The van der Waals surface area contributed by atoms with Crippen molar-refractivity contribution in [3.05, 3.63) is 23.3 Å². The highest BCUT2D eigenvalue weighted by atomic mass is 30.4. The topological polar surface area (TPSA) is 46.2 Å². The number of hydrogen-bond acceptors (Lipinski definition) is 5. The largest absolute Gasteiger partial charge is 0.496 e. The SMILES string of the molecule is CCO[SiH](OCC)[Si](CCc1ccc(OC)c(C)c1OC)([Si]([SiH3])([SiH3])[SiH3])[Si]([SiH3])([SiH3])OCC. The Labute approximate surface area is 208 Å². The summed E-state index contributed by atoms with van der Waals surface area (Å²) in [5.74, 6) is 1.90. The van der Waals surface area contributed by atoms with Crippen LogP contribution in [0.3, 0.4) is 0 Å². The van der Waals surface area contributed by atoms with Crippen LogP contribution in [0, 0.1) is 6.92 Å². The van der Waals surface area contributed by atoms with Crippen LogP contribution in [0.25, 0.3) is 0 Å². The lowest BCUT2D eigenvalue weighted by Gasteiger charge is -2.53. The molecule has 0 radical (unpaired) electrons.